The van der Waals surface area contributed by atoms with Crippen LogP contribution in [0.25, 0.3) is 11.0 Å². The van der Waals surface area contributed by atoms with Gasteiger partial charge in [-0.1, -0.05) is 6.07 Å². The number of hydrogen-bond donors (Lipinski definition) is 1. The summed E-state index contributed by atoms with van der Waals surface area (Å²) in [6.45, 7) is 1.03. The van der Waals surface area contributed by atoms with E-state index in [-0.39, 0.29) is 15.5 Å². The third kappa shape index (κ3) is 3.43. The van der Waals surface area contributed by atoms with Crippen molar-refractivity contribution in [2.24, 2.45) is 0 Å². The van der Waals surface area contributed by atoms with E-state index in [2.05, 4.69) is 13.5 Å². The van der Waals surface area contributed by atoms with Crippen LogP contribution in [0.1, 0.15) is 12.8 Å². The topological polar surface area (TPSA) is 109 Å². The Labute approximate surface area is 161 Å². The SMILES string of the molecule is O=S(=O)(Nc1ccc(S(=O)(=O)N2CCCC2)cc1)c1cccc2nsnc12. The lowest BCUT2D eigenvalue weighted by atomic mass is 10.3. The molecule has 1 saturated heterocycles. The van der Waals surface area contributed by atoms with E-state index in [9.17, 15) is 16.8 Å². The summed E-state index contributed by atoms with van der Waals surface area (Å²) in [7, 11) is -7.41. The highest BCUT2D eigenvalue weighted by molar-refractivity contribution is 7.93. The molecule has 0 bridgehead atoms. The van der Waals surface area contributed by atoms with E-state index in [0.717, 1.165) is 24.6 Å². The zero-order valence-electron chi connectivity index (χ0n) is 14.1. The van der Waals surface area contributed by atoms with Crippen molar-refractivity contribution in [1.29, 1.82) is 0 Å². The minimum absolute atomic E-state index is 0.0301. The van der Waals surface area contributed by atoms with Gasteiger partial charge in [-0.05, 0) is 49.2 Å². The highest BCUT2D eigenvalue weighted by Crippen LogP contribution is 2.25. The number of sulfonamides is 2. The molecule has 0 amide bonds. The number of fused-ring (bicyclic) bond motifs is 1. The molecular formula is C16H16N4O4S3. The largest absolute Gasteiger partial charge is 0.280 e. The van der Waals surface area contributed by atoms with Gasteiger partial charge in [0.05, 0.1) is 16.6 Å². The zero-order valence-corrected chi connectivity index (χ0v) is 16.5. The average molecular weight is 425 g/mol. The maximum absolute atomic E-state index is 12.7. The highest BCUT2D eigenvalue weighted by atomic mass is 32.2. The number of rotatable bonds is 5. The van der Waals surface area contributed by atoms with Gasteiger partial charge < -0.3 is 0 Å². The Kier molecular flexibility index (Phi) is 4.62. The minimum Gasteiger partial charge on any atom is -0.280 e. The van der Waals surface area contributed by atoms with Crippen LogP contribution in [0.4, 0.5) is 5.69 Å². The lowest BCUT2D eigenvalue weighted by Crippen LogP contribution is -2.27. The molecule has 1 fully saturated rings. The Morgan fingerprint density at radius 1 is 0.926 bits per heavy atom. The summed E-state index contributed by atoms with van der Waals surface area (Å²) in [5.74, 6) is 0. The monoisotopic (exact) mass is 424 g/mol. The third-order valence-corrected chi connectivity index (χ3v) is 8.22. The minimum atomic E-state index is -3.88. The van der Waals surface area contributed by atoms with Crippen LogP contribution in [0.5, 0.6) is 0 Å². The van der Waals surface area contributed by atoms with Gasteiger partial charge in [0.15, 0.2) is 0 Å². The molecule has 27 heavy (non-hydrogen) atoms. The Morgan fingerprint density at radius 2 is 1.63 bits per heavy atom. The molecular weight excluding hydrogens is 408 g/mol. The Hall–Kier alpha value is -2.08. The smallest absolute Gasteiger partial charge is 0.264 e. The van der Waals surface area contributed by atoms with Gasteiger partial charge in [0.2, 0.25) is 10.0 Å². The van der Waals surface area contributed by atoms with Crippen LogP contribution in [0.3, 0.4) is 0 Å². The Bertz CT molecular complexity index is 1180. The van der Waals surface area contributed by atoms with Crippen molar-refractivity contribution in [2.75, 3.05) is 17.8 Å². The van der Waals surface area contributed by atoms with Crippen LogP contribution in [0.15, 0.2) is 52.3 Å². The van der Waals surface area contributed by atoms with Crippen LogP contribution in [0, 0.1) is 0 Å². The van der Waals surface area contributed by atoms with Crippen LogP contribution in [-0.4, -0.2) is 43.0 Å². The van der Waals surface area contributed by atoms with Crippen LogP contribution in [0.2, 0.25) is 0 Å². The van der Waals surface area contributed by atoms with E-state index in [1.165, 1.54) is 34.6 Å². The summed E-state index contributed by atoms with van der Waals surface area (Å²) in [6.07, 6.45) is 1.71. The quantitative estimate of drug-likeness (QED) is 0.673. The molecule has 142 valence electrons. The van der Waals surface area contributed by atoms with Crippen molar-refractivity contribution in [1.82, 2.24) is 13.1 Å². The van der Waals surface area contributed by atoms with Gasteiger partial charge in [0.25, 0.3) is 10.0 Å². The van der Waals surface area contributed by atoms with Gasteiger partial charge in [0, 0.05) is 18.8 Å². The molecule has 4 rings (SSSR count). The molecule has 0 radical (unpaired) electrons. The van der Waals surface area contributed by atoms with Crippen LogP contribution >= 0.6 is 11.7 Å². The van der Waals surface area contributed by atoms with Crippen LogP contribution in [-0.2, 0) is 20.0 Å². The molecule has 8 nitrogen and oxygen atoms in total. The number of aromatic nitrogens is 2. The van der Waals surface area contributed by atoms with Gasteiger partial charge in [-0.15, -0.1) is 0 Å². The van der Waals surface area contributed by atoms with Crippen molar-refractivity contribution in [3.8, 4) is 0 Å². The molecule has 1 aliphatic rings. The lowest BCUT2D eigenvalue weighted by Gasteiger charge is -2.16. The predicted molar refractivity (Wildman–Crippen MR) is 103 cm³/mol. The highest BCUT2D eigenvalue weighted by Gasteiger charge is 2.27. The van der Waals surface area contributed by atoms with Gasteiger partial charge in [-0.2, -0.15) is 13.1 Å². The summed E-state index contributed by atoms with van der Waals surface area (Å²) in [6, 6.07) is 10.5. The maximum atomic E-state index is 12.7. The maximum Gasteiger partial charge on any atom is 0.264 e. The average Bonchev–Trinajstić information content (AvgIpc) is 3.33. The molecule has 3 aromatic rings. The first-order chi connectivity index (χ1) is 12.9. The molecule has 2 aromatic carbocycles. The van der Waals surface area contributed by atoms with Crippen molar-refractivity contribution in [2.45, 2.75) is 22.6 Å². The Morgan fingerprint density at radius 3 is 2.33 bits per heavy atom. The van der Waals surface area contributed by atoms with Crippen LogP contribution < -0.4 is 4.72 Å². The molecule has 0 aliphatic carbocycles. The molecule has 11 heteroatoms. The van der Waals surface area contributed by atoms with Crippen molar-refractivity contribution in [3.05, 3.63) is 42.5 Å². The molecule has 0 unspecified atom stereocenters. The van der Waals surface area contributed by atoms with E-state index in [1.54, 1.807) is 12.1 Å². The second-order valence-electron chi connectivity index (χ2n) is 6.13. The van der Waals surface area contributed by atoms with Crippen molar-refractivity contribution < 1.29 is 16.8 Å². The number of hydrogen-bond acceptors (Lipinski definition) is 7. The van der Waals surface area contributed by atoms with Gasteiger partial charge in [-0.3, -0.25) is 4.72 Å². The van der Waals surface area contributed by atoms with E-state index in [0.29, 0.717) is 24.1 Å². The standard InChI is InChI=1S/C16H16N4O4S3/c21-26(22,15-5-3-4-14-16(15)18-25-17-14)19-12-6-8-13(9-7-12)27(23,24)20-10-1-2-11-20/h3-9,19H,1-2,10-11H2. The van der Waals surface area contributed by atoms with E-state index in [4.69, 9.17) is 0 Å². The van der Waals surface area contributed by atoms with Gasteiger partial charge >= 0.3 is 0 Å². The number of nitrogens with zero attached hydrogens (tertiary/aromatic N) is 3. The normalized spacial score (nSPS) is 16.0. The lowest BCUT2D eigenvalue weighted by molar-refractivity contribution is 0.477. The summed E-state index contributed by atoms with van der Waals surface area (Å²) >= 11 is 0.943. The number of anilines is 1. The fraction of sp³-hybridized carbons (Fsp3) is 0.250. The third-order valence-electron chi connectivity index (χ3n) is 4.35. The summed E-state index contributed by atoms with van der Waals surface area (Å²) in [4.78, 5) is 0.181. The van der Waals surface area contributed by atoms with E-state index < -0.39 is 20.0 Å². The molecule has 1 N–H and O–H groups in total. The molecule has 0 spiro atoms. The first kappa shape index (κ1) is 18.3. The van der Waals surface area contributed by atoms with Gasteiger partial charge in [-0.25, -0.2) is 16.8 Å². The molecule has 1 aliphatic heterocycles. The molecule has 0 saturated carbocycles. The first-order valence-corrected chi connectivity index (χ1v) is 11.9. The fourth-order valence-corrected chi connectivity index (χ4v) is 6.32. The van der Waals surface area contributed by atoms with Crippen molar-refractivity contribution in [3.63, 3.8) is 0 Å². The summed E-state index contributed by atoms with van der Waals surface area (Å²) in [5.41, 5.74) is 1.09. The summed E-state index contributed by atoms with van der Waals surface area (Å²) < 4.78 is 62.5. The first-order valence-electron chi connectivity index (χ1n) is 8.22. The fourth-order valence-electron chi connectivity index (χ4n) is 2.98. The molecule has 1 aromatic heterocycles. The van der Waals surface area contributed by atoms with E-state index in [1.807, 2.05) is 0 Å². The predicted octanol–water partition coefficient (Wildman–Crippen LogP) is 2.28. The number of nitrogens with one attached hydrogen (secondary N) is 1. The van der Waals surface area contributed by atoms with E-state index >= 15 is 0 Å². The number of benzene rings is 2. The van der Waals surface area contributed by atoms with Gasteiger partial charge in [0.1, 0.15) is 15.9 Å². The second-order valence-corrected chi connectivity index (χ2v) is 10.2. The Balaban J connectivity index is 1.60. The van der Waals surface area contributed by atoms with Crippen molar-refractivity contribution >= 4 is 48.5 Å². The summed E-state index contributed by atoms with van der Waals surface area (Å²) in [5, 5.41) is 0. The second kappa shape index (κ2) is 6.82. The molecule has 0 atom stereocenters. The zero-order chi connectivity index (χ0) is 19.1. The molecule has 2 heterocycles.